The number of carbonyl (C=O) groups is 2. The van der Waals surface area contributed by atoms with Crippen molar-refractivity contribution < 1.29 is 9.59 Å². The first-order chi connectivity index (χ1) is 8.15. The molecule has 0 radical (unpaired) electrons. The van der Waals surface area contributed by atoms with Gasteiger partial charge in [-0.05, 0) is 25.5 Å². The lowest BCUT2D eigenvalue weighted by Crippen LogP contribution is -2.41. The van der Waals surface area contributed by atoms with Crippen molar-refractivity contribution in [3.8, 4) is 0 Å². The summed E-state index contributed by atoms with van der Waals surface area (Å²) in [5, 5.41) is 2.38. The molecule has 2 amide bonds. The summed E-state index contributed by atoms with van der Waals surface area (Å²) in [6, 6.07) is 8.25. The van der Waals surface area contributed by atoms with E-state index in [-0.39, 0.29) is 17.7 Å². The lowest BCUT2D eigenvalue weighted by Gasteiger charge is -2.20. The molecule has 1 aromatic rings. The minimum absolute atomic E-state index is 0.0426. The number of aryl methyl sites for hydroxylation is 1. The smallest absolute Gasteiger partial charge is 0.230 e. The van der Waals surface area contributed by atoms with Crippen LogP contribution in [0.25, 0.3) is 0 Å². The fraction of sp³-hybridized carbons (Fsp3) is 0.385. The summed E-state index contributed by atoms with van der Waals surface area (Å²) in [7, 11) is 0. The van der Waals surface area contributed by atoms with E-state index in [1.807, 2.05) is 0 Å². The van der Waals surface area contributed by atoms with Crippen LogP contribution in [0.15, 0.2) is 29.2 Å². The number of thioether (sulfide) groups is 1. The molecule has 1 unspecified atom stereocenters. The Hall–Kier alpha value is -1.29. The molecule has 90 valence electrons. The van der Waals surface area contributed by atoms with Crippen molar-refractivity contribution in [2.75, 3.05) is 5.75 Å². The number of nitrogens with one attached hydrogen (secondary N) is 1. The Bertz CT molecular complexity index is 428. The number of piperidine rings is 1. The molecular weight excluding hydrogens is 234 g/mol. The largest absolute Gasteiger partial charge is 0.296 e. The average Bonchev–Trinajstić information content (AvgIpc) is 2.30. The average molecular weight is 249 g/mol. The fourth-order valence-corrected chi connectivity index (χ4v) is 2.77. The number of hydrogen-bond donors (Lipinski definition) is 1. The molecule has 1 saturated heterocycles. The fourth-order valence-electron chi connectivity index (χ4n) is 1.73. The van der Waals surface area contributed by atoms with E-state index in [0.29, 0.717) is 12.8 Å². The monoisotopic (exact) mass is 249 g/mol. The van der Waals surface area contributed by atoms with Gasteiger partial charge in [-0.3, -0.25) is 14.9 Å². The van der Waals surface area contributed by atoms with E-state index in [2.05, 4.69) is 36.5 Å². The Labute approximate surface area is 105 Å². The van der Waals surface area contributed by atoms with E-state index in [9.17, 15) is 9.59 Å². The first kappa shape index (κ1) is 12.2. The Morgan fingerprint density at radius 2 is 2.00 bits per heavy atom. The number of carbonyl (C=O) groups excluding carboxylic acids is 2. The second-order valence-electron chi connectivity index (χ2n) is 4.27. The first-order valence-corrected chi connectivity index (χ1v) is 6.67. The predicted octanol–water partition coefficient (Wildman–Crippen LogP) is 2.14. The zero-order valence-electron chi connectivity index (χ0n) is 9.73. The standard InChI is InChI=1S/C13H15NO2S/c1-9-2-5-11(6-3-9)17-8-10-4-7-12(15)14-13(10)16/h2-3,5-6,10H,4,7-8H2,1H3,(H,14,15,16). The van der Waals surface area contributed by atoms with Gasteiger partial charge in [-0.25, -0.2) is 0 Å². The van der Waals surface area contributed by atoms with Gasteiger partial charge >= 0.3 is 0 Å². The SMILES string of the molecule is Cc1ccc(SCC2CCC(=O)NC2=O)cc1. The molecule has 0 spiro atoms. The Balaban J connectivity index is 1.88. The molecule has 2 rings (SSSR count). The Morgan fingerprint density at radius 1 is 1.29 bits per heavy atom. The van der Waals surface area contributed by atoms with Gasteiger partial charge in [0.25, 0.3) is 0 Å². The molecule has 1 aromatic carbocycles. The summed E-state index contributed by atoms with van der Waals surface area (Å²) >= 11 is 1.67. The zero-order chi connectivity index (χ0) is 12.3. The topological polar surface area (TPSA) is 46.2 Å². The quantitative estimate of drug-likeness (QED) is 0.659. The third kappa shape index (κ3) is 3.33. The second kappa shape index (κ2) is 5.36. The normalized spacial score (nSPS) is 20.2. The second-order valence-corrected chi connectivity index (χ2v) is 5.37. The Kier molecular flexibility index (Phi) is 3.84. The highest BCUT2D eigenvalue weighted by molar-refractivity contribution is 7.99. The lowest BCUT2D eigenvalue weighted by atomic mass is 10.0. The molecule has 0 bridgehead atoms. The molecule has 1 atom stereocenters. The third-order valence-corrected chi connectivity index (χ3v) is 4.00. The van der Waals surface area contributed by atoms with Crippen LogP contribution in [0.4, 0.5) is 0 Å². The maximum absolute atomic E-state index is 11.5. The van der Waals surface area contributed by atoms with Crippen LogP contribution in [0.5, 0.6) is 0 Å². The maximum atomic E-state index is 11.5. The summed E-state index contributed by atoms with van der Waals surface area (Å²) in [5.41, 5.74) is 1.23. The van der Waals surface area contributed by atoms with Crippen LogP contribution in [-0.4, -0.2) is 17.6 Å². The zero-order valence-corrected chi connectivity index (χ0v) is 10.5. The molecule has 1 aliphatic heterocycles. The van der Waals surface area contributed by atoms with E-state index in [1.54, 1.807) is 11.8 Å². The lowest BCUT2D eigenvalue weighted by molar-refractivity contribution is -0.135. The van der Waals surface area contributed by atoms with Crippen molar-refractivity contribution in [3.05, 3.63) is 29.8 Å². The van der Waals surface area contributed by atoms with Crippen LogP contribution in [0, 0.1) is 12.8 Å². The summed E-state index contributed by atoms with van der Waals surface area (Å²) in [5.74, 6) is 0.425. The summed E-state index contributed by atoms with van der Waals surface area (Å²) in [4.78, 5) is 23.7. The Morgan fingerprint density at radius 3 is 2.65 bits per heavy atom. The van der Waals surface area contributed by atoms with Crippen molar-refractivity contribution in [2.45, 2.75) is 24.7 Å². The molecule has 1 fully saturated rings. The molecule has 0 aromatic heterocycles. The number of rotatable bonds is 3. The van der Waals surface area contributed by atoms with Crippen LogP contribution < -0.4 is 5.32 Å². The van der Waals surface area contributed by atoms with Crippen LogP contribution in [0.1, 0.15) is 18.4 Å². The summed E-state index contributed by atoms with van der Waals surface area (Å²) < 4.78 is 0. The molecule has 0 saturated carbocycles. The van der Waals surface area contributed by atoms with Crippen LogP contribution in [0.3, 0.4) is 0 Å². The molecular formula is C13H15NO2S. The van der Waals surface area contributed by atoms with Gasteiger partial charge in [-0.2, -0.15) is 0 Å². The minimum atomic E-state index is -0.147. The highest BCUT2D eigenvalue weighted by Gasteiger charge is 2.26. The highest BCUT2D eigenvalue weighted by Crippen LogP contribution is 2.24. The van der Waals surface area contributed by atoms with Crippen LogP contribution in [-0.2, 0) is 9.59 Å². The predicted molar refractivity (Wildman–Crippen MR) is 67.8 cm³/mol. The third-order valence-electron chi connectivity index (χ3n) is 2.83. The van der Waals surface area contributed by atoms with Gasteiger partial charge in [0.1, 0.15) is 0 Å². The van der Waals surface area contributed by atoms with Gasteiger partial charge in [0.15, 0.2) is 0 Å². The van der Waals surface area contributed by atoms with Gasteiger partial charge in [-0.15, -0.1) is 11.8 Å². The van der Waals surface area contributed by atoms with Gasteiger partial charge in [-0.1, -0.05) is 17.7 Å². The van der Waals surface area contributed by atoms with Crippen molar-refractivity contribution >= 4 is 23.6 Å². The summed E-state index contributed by atoms with van der Waals surface area (Å²) in [6.45, 7) is 2.05. The number of amides is 2. The van der Waals surface area contributed by atoms with Crippen molar-refractivity contribution in [3.63, 3.8) is 0 Å². The van der Waals surface area contributed by atoms with Crippen molar-refractivity contribution in [1.29, 1.82) is 0 Å². The van der Waals surface area contributed by atoms with E-state index in [4.69, 9.17) is 0 Å². The molecule has 3 nitrogen and oxygen atoms in total. The molecule has 0 aliphatic carbocycles. The molecule has 1 aliphatic rings. The molecule has 1 heterocycles. The number of benzene rings is 1. The van der Waals surface area contributed by atoms with E-state index >= 15 is 0 Å². The maximum Gasteiger partial charge on any atom is 0.230 e. The van der Waals surface area contributed by atoms with Gasteiger partial charge in [0.05, 0.1) is 0 Å². The number of hydrogen-bond acceptors (Lipinski definition) is 3. The van der Waals surface area contributed by atoms with Crippen molar-refractivity contribution in [2.24, 2.45) is 5.92 Å². The minimum Gasteiger partial charge on any atom is -0.296 e. The number of imide groups is 1. The van der Waals surface area contributed by atoms with Crippen molar-refractivity contribution in [1.82, 2.24) is 5.32 Å². The van der Waals surface area contributed by atoms with Gasteiger partial charge in [0.2, 0.25) is 11.8 Å². The molecule has 4 heteroatoms. The molecule has 1 N–H and O–H groups in total. The van der Waals surface area contributed by atoms with Crippen LogP contribution >= 0.6 is 11.8 Å². The highest BCUT2D eigenvalue weighted by atomic mass is 32.2. The van der Waals surface area contributed by atoms with Gasteiger partial charge in [0, 0.05) is 23.0 Å². The van der Waals surface area contributed by atoms with E-state index in [0.717, 1.165) is 5.75 Å². The van der Waals surface area contributed by atoms with Gasteiger partial charge < -0.3 is 0 Å². The molecule has 17 heavy (non-hydrogen) atoms. The van der Waals surface area contributed by atoms with E-state index in [1.165, 1.54) is 10.5 Å². The summed E-state index contributed by atoms with van der Waals surface area (Å²) in [6.07, 6.45) is 1.13. The van der Waals surface area contributed by atoms with E-state index < -0.39 is 0 Å². The first-order valence-electron chi connectivity index (χ1n) is 5.68. The van der Waals surface area contributed by atoms with Crippen LogP contribution in [0.2, 0.25) is 0 Å².